The topological polar surface area (TPSA) is 50.7 Å². The van der Waals surface area contributed by atoms with Gasteiger partial charge in [0.15, 0.2) is 6.29 Å². The molecular formula is C14H25BrFNO3. The van der Waals surface area contributed by atoms with Crippen molar-refractivity contribution in [1.82, 2.24) is 5.32 Å². The quantitative estimate of drug-likeness (QED) is 0.771. The van der Waals surface area contributed by atoms with E-state index in [9.17, 15) is 4.39 Å². The van der Waals surface area contributed by atoms with Crippen LogP contribution in [-0.2, 0) is 15.9 Å². The number of halogens is 2. The van der Waals surface area contributed by atoms with Gasteiger partial charge < -0.3 is 19.9 Å². The number of aliphatic hydroxyl groups excluding tert-OH is 1. The second-order valence-electron chi connectivity index (χ2n) is 3.67. The number of hydrogen-bond acceptors (Lipinski definition) is 4. The summed E-state index contributed by atoms with van der Waals surface area (Å²) in [6.07, 6.45) is 0.373. The Kier molecular flexibility index (Phi) is 14.6. The van der Waals surface area contributed by atoms with Crippen molar-refractivity contribution in [2.45, 2.75) is 20.1 Å². The molecule has 0 heterocycles. The molecule has 0 spiro atoms. The third kappa shape index (κ3) is 9.39. The number of ether oxygens (including phenoxy) is 2. The molecule has 0 unspecified atom stereocenters. The summed E-state index contributed by atoms with van der Waals surface area (Å²) >= 11 is 3.25. The van der Waals surface area contributed by atoms with Gasteiger partial charge in [-0.3, -0.25) is 0 Å². The van der Waals surface area contributed by atoms with Crippen molar-refractivity contribution in [3.63, 3.8) is 0 Å². The minimum absolute atomic E-state index is 0. The first-order valence-electron chi connectivity index (χ1n) is 5.84. The monoisotopic (exact) mass is 353 g/mol. The summed E-state index contributed by atoms with van der Waals surface area (Å²) in [7, 11) is 5.09. The largest absolute Gasteiger partial charge is 0.396 e. The van der Waals surface area contributed by atoms with Gasteiger partial charge in [0.25, 0.3) is 0 Å². The summed E-state index contributed by atoms with van der Waals surface area (Å²) in [5.41, 5.74) is 0.799. The van der Waals surface area contributed by atoms with Gasteiger partial charge in [0.05, 0.1) is 0 Å². The molecule has 4 nitrogen and oxygen atoms in total. The van der Waals surface area contributed by atoms with Gasteiger partial charge in [0.2, 0.25) is 0 Å². The molecule has 0 amide bonds. The van der Waals surface area contributed by atoms with Crippen LogP contribution in [0.5, 0.6) is 0 Å². The molecule has 0 aliphatic carbocycles. The van der Waals surface area contributed by atoms with Gasteiger partial charge in [-0.2, -0.15) is 0 Å². The maximum absolute atomic E-state index is 12.6. The van der Waals surface area contributed by atoms with E-state index in [4.69, 9.17) is 14.6 Å². The number of benzene rings is 1. The fourth-order valence-corrected chi connectivity index (χ4v) is 1.73. The molecule has 0 atom stereocenters. The third-order valence-electron chi connectivity index (χ3n) is 2.29. The van der Waals surface area contributed by atoms with Crippen LogP contribution in [0.2, 0.25) is 0 Å². The molecule has 20 heavy (non-hydrogen) atoms. The summed E-state index contributed by atoms with van der Waals surface area (Å²) in [5, 5.41) is 11.5. The van der Waals surface area contributed by atoms with Gasteiger partial charge in [-0.05, 0) is 37.2 Å². The second kappa shape index (κ2) is 13.5. The van der Waals surface area contributed by atoms with E-state index in [1.165, 1.54) is 12.1 Å². The number of likely N-dealkylation sites (N-methyl/N-ethyl adjacent to an activating group) is 1. The van der Waals surface area contributed by atoms with E-state index in [1.54, 1.807) is 20.3 Å². The van der Waals surface area contributed by atoms with Gasteiger partial charge in [-0.25, -0.2) is 4.39 Å². The first kappa shape index (κ1) is 21.8. The highest BCUT2D eigenvalue weighted by atomic mass is 79.9. The second-order valence-corrected chi connectivity index (χ2v) is 4.52. The first-order valence-corrected chi connectivity index (χ1v) is 6.63. The van der Waals surface area contributed by atoms with Crippen LogP contribution in [0.4, 0.5) is 4.39 Å². The van der Waals surface area contributed by atoms with Crippen LogP contribution in [-0.4, -0.2) is 45.8 Å². The van der Waals surface area contributed by atoms with E-state index in [0.29, 0.717) is 6.42 Å². The van der Waals surface area contributed by atoms with Crippen molar-refractivity contribution in [1.29, 1.82) is 0 Å². The Balaban J connectivity index is 0. The fraction of sp³-hybridized carbons (Fsp3) is 0.571. The Morgan fingerprint density at radius 1 is 1.35 bits per heavy atom. The lowest BCUT2D eigenvalue weighted by molar-refractivity contribution is -0.0978. The van der Waals surface area contributed by atoms with Gasteiger partial charge in [0, 0.05) is 31.8 Å². The molecule has 0 saturated heterocycles. The zero-order chi connectivity index (χ0) is 14.7. The maximum atomic E-state index is 12.6. The lowest BCUT2D eigenvalue weighted by Gasteiger charge is -2.11. The van der Waals surface area contributed by atoms with Gasteiger partial charge >= 0.3 is 0 Å². The van der Waals surface area contributed by atoms with E-state index < -0.39 is 0 Å². The molecule has 0 aromatic heterocycles. The summed E-state index contributed by atoms with van der Waals surface area (Å²) in [4.78, 5) is 0. The minimum Gasteiger partial charge on any atom is -0.396 e. The van der Waals surface area contributed by atoms with Crippen molar-refractivity contribution >= 4 is 15.9 Å². The van der Waals surface area contributed by atoms with E-state index >= 15 is 0 Å². The van der Waals surface area contributed by atoms with E-state index in [0.717, 1.165) is 16.6 Å². The molecule has 1 aromatic rings. The molecule has 2 N–H and O–H groups in total. The standard InChI is InChI=1S/C8H8BrFO.C5H13NO2.CH4/c9-8-2-1-7(10)5-6(8)3-4-11;1-6-4-5(7-2)8-3;/h1-2,5,11H,3-4H2;5-6H,4H2,1-3H3;1H4. The van der Waals surface area contributed by atoms with Crippen LogP contribution in [0, 0.1) is 5.82 Å². The highest BCUT2D eigenvalue weighted by Gasteiger charge is 2.00. The molecule has 0 radical (unpaired) electrons. The number of hydrogen-bond donors (Lipinski definition) is 2. The fourth-order valence-electron chi connectivity index (χ4n) is 1.28. The number of aliphatic hydroxyl groups is 1. The molecular weight excluding hydrogens is 329 g/mol. The highest BCUT2D eigenvalue weighted by molar-refractivity contribution is 9.10. The summed E-state index contributed by atoms with van der Waals surface area (Å²) < 4.78 is 23.1. The molecule has 1 rings (SSSR count). The van der Waals surface area contributed by atoms with Crippen molar-refractivity contribution in [3.8, 4) is 0 Å². The number of methoxy groups -OCH3 is 2. The molecule has 0 fully saturated rings. The van der Waals surface area contributed by atoms with Gasteiger partial charge in [-0.15, -0.1) is 0 Å². The Morgan fingerprint density at radius 2 is 1.95 bits per heavy atom. The average molecular weight is 354 g/mol. The van der Waals surface area contributed by atoms with E-state index in [-0.39, 0.29) is 26.1 Å². The molecule has 118 valence electrons. The maximum Gasteiger partial charge on any atom is 0.169 e. The van der Waals surface area contributed by atoms with Crippen LogP contribution in [0.1, 0.15) is 13.0 Å². The predicted molar refractivity (Wildman–Crippen MR) is 83.4 cm³/mol. The van der Waals surface area contributed by atoms with Gasteiger partial charge in [0.1, 0.15) is 5.82 Å². The Morgan fingerprint density at radius 3 is 2.35 bits per heavy atom. The van der Waals surface area contributed by atoms with Crippen molar-refractivity contribution in [2.24, 2.45) is 0 Å². The zero-order valence-electron chi connectivity index (χ0n) is 11.5. The van der Waals surface area contributed by atoms with Crippen LogP contribution >= 0.6 is 15.9 Å². The van der Waals surface area contributed by atoms with Crippen molar-refractivity contribution < 1.29 is 19.0 Å². The number of rotatable bonds is 6. The molecule has 1 aromatic carbocycles. The predicted octanol–water partition coefficient (Wildman–Crippen LogP) is 2.58. The Bertz CT molecular complexity index is 349. The van der Waals surface area contributed by atoms with Crippen LogP contribution < -0.4 is 5.32 Å². The first-order chi connectivity index (χ1) is 9.08. The third-order valence-corrected chi connectivity index (χ3v) is 3.06. The normalized spacial score (nSPS) is 9.75. The van der Waals surface area contributed by atoms with Crippen LogP contribution in [0.3, 0.4) is 0 Å². The molecule has 0 bridgehead atoms. The van der Waals surface area contributed by atoms with Crippen LogP contribution in [0.15, 0.2) is 22.7 Å². The van der Waals surface area contributed by atoms with E-state index in [2.05, 4.69) is 21.2 Å². The summed E-state index contributed by atoms with van der Waals surface area (Å²) in [6, 6.07) is 4.44. The molecule has 6 heteroatoms. The minimum atomic E-state index is -0.267. The lowest BCUT2D eigenvalue weighted by atomic mass is 10.2. The molecule has 0 aliphatic heterocycles. The Labute approximate surface area is 129 Å². The number of nitrogens with one attached hydrogen (secondary N) is 1. The van der Waals surface area contributed by atoms with E-state index in [1.807, 2.05) is 7.05 Å². The van der Waals surface area contributed by atoms with Crippen molar-refractivity contribution in [3.05, 3.63) is 34.1 Å². The molecule has 0 saturated carbocycles. The van der Waals surface area contributed by atoms with Gasteiger partial charge in [-0.1, -0.05) is 23.4 Å². The SMILES string of the molecule is C.CNCC(OC)OC.OCCc1cc(F)ccc1Br. The van der Waals surface area contributed by atoms with Crippen molar-refractivity contribution in [2.75, 3.05) is 34.4 Å². The average Bonchev–Trinajstić information content (AvgIpc) is 2.41. The smallest absolute Gasteiger partial charge is 0.169 e. The summed E-state index contributed by atoms with van der Waals surface area (Å²) in [6.45, 7) is 0.773. The summed E-state index contributed by atoms with van der Waals surface area (Å²) in [5.74, 6) is -0.267. The lowest BCUT2D eigenvalue weighted by Crippen LogP contribution is -2.26. The molecule has 0 aliphatic rings. The zero-order valence-corrected chi connectivity index (χ0v) is 13.0. The Hall–Kier alpha value is -0.530. The highest BCUT2D eigenvalue weighted by Crippen LogP contribution is 2.17. The van der Waals surface area contributed by atoms with Crippen LogP contribution in [0.25, 0.3) is 0 Å².